The summed E-state index contributed by atoms with van der Waals surface area (Å²) < 4.78 is 11.3. The summed E-state index contributed by atoms with van der Waals surface area (Å²) >= 11 is 0. The van der Waals surface area contributed by atoms with Gasteiger partial charge in [-0.2, -0.15) is 0 Å². The quantitative estimate of drug-likeness (QED) is 0.704. The standard InChI is InChI=1S/C24H32N2O3/c1-17(19-10-12-21(13-11-19)29-24(2,3)4)25-16-18-7-5-8-20(15-18)26-23(27)22-9-6-14-28-22/h5,7-8,10-13,15,17,22,25H,6,9,14,16H2,1-4H3,(H,26,27). The fourth-order valence-electron chi connectivity index (χ4n) is 3.33. The van der Waals surface area contributed by atoms with Gasteiger partial charge in [0.15, 0.2) is 0 Å². The van der Waals surface area contributed by atoms with Crippen LogP contribution >= 0.6 is 0 Å². The van der Waals surface area contributed by atoms with Gasteiger partial charge in [0.25, 0.3) is 5.91 Å². The molecule has 2 atom stereocenters. The van der Waals surface area contributed by atoms with E-state index >= 15 is 0 Å². The Morgan fingerprint density at radius 2 is 1.97 bits per heavy atom. The number of carbonyl (C=O) groups excluding carboxylic acids is 1. The second-order valence-corrected chi connectivity index (χ2v) is 8.58. The summed E-state index contributed by atoms with van der Waals surface area (Å²) in [6.07, 6.45) is 1.43. The van der Waals surface area contributed by atoms with Crippen molar-refractivity contribution in [2.45, 2.75) is 64.8 Å². The smallest absolute Gasteiger partial charge is 0.253 e. The summed E-state index contributed by atoms with van der Waals surface area (Å²) in [7, 11) is 0. The summed E-state index contributed by atoms with van der Waals surface area (Å²) in [6, 6.07) is 16.4. The molecule has 3 rings (SSSR count). The van der Waals surface area contributed by atoms with Gasteiger partial charge in [0.1, 0.15) is 17.5 Å². The lowest BCUT2D eigenvalue weighted by atomic mass is 10.1. The first-order valence-electron chi connectivity index (χ1n) is 10.3. The molecule has 2 aromatic rings. The van der Waals surface area contributed by atoms with Crippen LogP contribution in [0.1, 0.15) is 57.7 Å². The van der Waals surface area contributed by atoms with Gasteiger partial charge in [0, 0.05) is 24.9 Å². The highest BCUT2D eigenvalue weighted by Crippen LogP contribution is 2.22. The second-order valence-electron chi connectivity index (χ2n) is 8.58. The van der Waals surface area contributed by atoms with Gasteiger partial charge in [-0.15, -0.1) is 0 Å². The predicted molar refractivity (Wildman–Crippen MR) is 116 cm³/mol. The summed E-state index contributed by atoms with van der Waals surface area (Å²) in [4.78, 5) is 12.2. The molecule has 1 amide bonds. The van der Waals surface area contributed by atoms with Crippen LogP contribution in [0.4, 0.5) is 5.69 Å². The molecule has 1 aliphatic rings. The van der Waals surface area contributed by atoms with E-state index in [2.05, 4.69) is 35.8 Å². The zero-order chi connectivity index (χ0) is 20.9. The number of hydrogen-bond donors (Lipinski definition) is 2. The number of carbonyl (C=O) groups is 1. The van der Waals surface area contributed by atoms with Gasteiger partial charge in [-0.3, -0.25) is 4.79 Å². The van der Waals surface area contributed by atoms with Gasteiger partial charge >= 0.3 is 0 Å². The molecule has 1 heterocycles. The Kier molecular flexibility index (Phi) is 6.93. The van der Waals surface area contributed by atoms with E-state index in [0.29, 0.717) is 13.2 Å². The van der Waals surface area contributed by atoms with Crippen molar-refractivity contribution in [2.75, 3.05) is 11.9 Å². The largest absolute Gasteiger partial charge is 0.488 e. The van der Waals surface area contributed by atoms with Crippen molar-refractivity contribution in [2.24, 2.45) is 0 Å². The normalized spacial score (nSPS) is 17.7. The van der Waals surface area contributed by atoms with Gasteiger partial charge < -0.3 is 20.1 Å². The Labute approximate surface area is 173 Å². The second kappa shape index (κ2) is 9.42. The van der Waals surface area contributed by atoms with E-state index in [0.717, 1.165) is 29.8 Å². The maximum Gasteiger partial charge on any atom is 0.253 e. The Morgan fingerprint density at radius 3 is 2.62 bits per heavy atom. The molecule has 156 valence electrons. The topological polar surface area (TPSA) is 59.6 Å². The van der Waals surface area contributed by atoms with Crippen molar-refractivity contribution in [1.29, 1.82) is 0 Å². The van der Waals surface area contributed by atoms with Crippen LogP contribution in [0.2, 0.25) is 0 Å². The van der Waals surface area contributed by atoms with E-state index < -0.39 is 0 Å². The number of benzene rings is 2. The van der Waals surface area contributed by atoms with E-state index in [-0.39, 0.29) is 23.7 Å². The molecular weight excluding hydrogens is 364 g/mol. The fourth-order valence-corrected chi connectivity index (χ4v) is 3.33. The third kappa shape index (κ3) is 6.58. The number of amides is 1. The van der Waals surface area contributed by atoms with Crippen LogP contribution in [0, 0.1) is 0 Å². The molecule has 1 fully saturated rings. The van der Waals surface area contributed by atoms with E-state index in [9.17, 15) is 4.79 Å². The molecule has 0 saturated carbocycles. The molecule has 1 saturated heterocycles. The first-order chi connectivity index (χ1) is 13.8. The molecule has 0 aromatic heterocycles. The first-order valence-corrected chi connectivity index (χ1v) is 10.3. The van der Waals surface area contributed by atoms with Crippen molar-refractivity contribution < 1.29 is 14.3 Å². The molecule has 2 N–H and O–H groups in total. The average Bonchev–Trinajstić information content (AvgIpc) is 3.21. The lowest BCUT2D eigenvalue weighted by Gasteiger charge is -2.22. The highest BCUT2D eigenvalue weighted by molar-refractivity contribution is 5.94. The Bertz CT molecular complexity index is 806. The molecule has 0 bridgehead atoms. The van der Waals surface area contributed by atoms with E-state index in [1.807, 2.05) is 51.1 Å². The van der Waals surface area contributed by atoms with Crippen LogP contribution in [0.25, 0.3) is 0 Å². The molecule has 5 nitrogen and oxygen atoms in total. The van der Waals surface area contributed by atoms with Crippen LogP contribution in [0.3, 0.4) is 0 Å². The van der Waals surface area contributed by atoms with Crippen LogP contribution in [0.15, 0.2) is 48.5 Å². The van der Waals surface area contributed by atoms with E-state index in [1.54, 1.807) is 0 Å². The molecule has 29 heavy (non-hydrogen) atoms. The Morgan fingerprint density at radius 1 is 1.21 bits per heavy atom. The average molecular weight is 397 g/mol. The molecule has 2 aromatic carbocycles. The zero-order valence-electron chi connectivity index (χ0n) is 17.8. The molecule has 1 aliphatic heterocycles. The first kappa shape index (κ1) is 21.3. The Balaban J connectivity index is 1.53. The van der Waals surface area contributed by atoms with Crippen LogP contribution < -0.4 is 15.4 Å². The highest BCUT2D eigenvalue weighted by Gasteiger charge is 2.23. The number of anilines is 1. The SMILES string of the molecule is CC(NCc1cccc(NC(=O)C2CCCO2)c1)c1ccc(OC(C)(C)C)cc1. The van der Waals surface area contributed by atoms with Gasteiger partial charge in [-0.1, -0.05) is 24.3 Å². The molecule has 5 heteroatoms. The maximum atomic E-state index is 12.2. The summed E-state index contributed by atoms with van der Waals surface area (Å²) in [6.45, 7) is 9.66. The minimum absolute atomic E-state index is 0.0569. The van der Waals surface area contributed by atoms with Crippen molar-refractivity contribution in [3.8, 4) is 5.75 Å². The zero-order valence-corrected chi connectivity index (χ0v) is 17.8. The van der Waals surface area contributed by atoms with Gasteiger partial charge in [0.2, 0.25) is 0 Å². The predicted octanol–water partition coefficient (Wildman–Crippen LogP) is 4.83. The number of rotatable bonds is 7. The highest BCUT2D eigenvalue weighted by atomic mass is 16.5. The van der Waals surface area contributed by atoms with Gasteiger partial charge in [-0.05, 0) is 75.9 Å². The lowest BCUT2D eigenvalue weighted by molar-refractivity contribution is -0.124. The number of ether oxygens (including phenoxy) is 2. The van der Waals surface area contributed by atoms with Crippen molar-refractivity contribution in [1.82, 2.24) is 5.32 Å². The van der Waals surface area contributed by atoms with Crippen molar-refractivity contribution >= 4 is 11.6 Å². The number of nitrogens with one attached hydrogen (secondary N) is 2. The van der Waals surface area contributed by atoms with Crippen LogP contribution in [-0.4, -0.2) is 24.2 Å². The van der Waals surface area contributed by atoms with Gasteiger partial charge in [-0.25, -0.2) is 0 Å². The minimum Gasteiger partial charge on any atom is -0.488 e. The molecular formula is C24H32N2O3. The van der Waals surface area contributed by atoms with Crippen LogP contribution in [0.5, 0.6) is 5.75 Å². The minimum atomic E-state index is -0.318. The summed E-state index contributed by atoms with van der Waals surface area (Å²) in [5.41, 5.74) is 2.93. The summed E-state index contributed by atoms with van der Waals surface area (Å²) in [5, 5.41) is 6.50. The third-order valence-corrected chi connectivity index (χ3v) is 4.83. The van der Waals surface area contributed by atoms with Crippen LogP contribution in [-0.2, 0) is 16.1 Å². The van der Waals surface area contributed by atoms with Crippen molar-refractivity contribution in [3.05, 3.63) is 59.7 Å². The fraction of sp³-hybridized carbons (Fsp3) is 0.458. The Hall–Kier alpha value is -2.37. The molecule has 2 unspecified atom stereocenters. The lowest BCUT2D eigenvalue weighted by Crippen LogP contribution is -2.27. The molecule has 0 radical (unpaired) electrons. The van der Waals surface area contributed by atoms with E-state index in [1.165, 1.54) is 5.56 Å². The molecule has 0 spiro atoms. The maximum absolute atomic E-state index is 12.2. The van der Waals surface area contributed by atoms with Crippen molar-refractivity contribution in [3.63, 3.8) is 0 Å². The van der Waals surface area contributed by atoms with Gasteiger partial charge in [0.05, 0.1) is 0 Å². The number of hydrogen-bond acceptors (Lipinski definition) is 4. The van der Waals surface area contributed by atoms with E-state index in [4.69, 9.17) is 9.47 Å². The summed E-state index contributed by atoms with van der Waals surface area (Å²) in [5.74, 6) is 0.821. The molecule has 0 aliphatic carbocycles. The third-order valence-electron chi connectivity index (χ3n) is 4.83. The monoisotopic (exact) mass is 396 g/mol.